The van der Waals surface area contributed by atoms with Crippen LogP contribution in [0.3, 0.4) is 0 Å². The normalized spacial score (nSPS) is 11.8. The summed E-state index contributed by atoms with van der Waals surface area (Å²) in [6.45, 7) is 0. The summed E-state index contributed by atoms with van der Waals surface area (Å²) in [5.74, 6) is -1.13. The van der Waals surface area contributed by atoms with Crippen LogP contribution < -0.4 is 4.72 Å². The number of carbonyl (C=O) groups is 1. The van der Waals surface area contributed by atoms with Crippen LogP contribution in [0.1, 0.15) is 15.9 Å². The predicted octanol–water partition coefficient (Wildman–Crippen LogP) is 2.58. The second-order valence-electron chi connectivity index (χ2n) is 5.46. The van der Waals surface area contributed by atoms with Gasteiger partial charge in [-0.3, -0.25) is 4.72 Å². The molecule has 0 fully saturated rings. The number of hydrogen-bond acceptors (Lipinski definition) is 6. The fourth-order valence-corrected chi connectivity index (χ4v) is 4.69. The van der Waals surface area contributed by atoms with Gasteiger partial charge in [-0.2, -0.15) is 0 Å². The Labute approximate surface area is 160 Å². The highest BCUT2D eigenvalue weighted by atomic mass is 79.9. The molecule has 0 atom stereocenters. The van der Waals surface area contributed by atoms with Gasteiger partial charge in [-0.1, -0.05) is 34.1 Å². The molecule has 0 aliphatic rings. The van der Waals surface area contributed by atoms with E-state index in [0.29, 0.717) is 10.0 Å². The van der Waals surface area contributed by atoms with E-state index in [2.05, 4.69) is 25.4 Å². The van der Waals surface area contributed by atoms with Gasteiger partial charge in [0.1, 0.15) is 4.90 Å². The Morgan fingerprint density at radius 2 is 1.77 bits per heavy atom. The monoisotopic (exact) mass is 461 g/mol. The van der Waals surface area contributed by atoms with Crippen LogP contribution in [0.2, 0.25) is 0 Å². The number of hydrogen-bond donors (Lipinski definition) is 1. The third kappa shape index (κ3) is 5.05. The SMILES string of the molecule is COC(=O)c1cc(Br)ccc1S(=O)(=O)Nc1ccccc1CS(C)(=O)=O. The van der Waals surface area contributed by atoms with Crippen molar-refractivity contribution in [2.75, 3.05) is 18.1 Å². The predicted molar refractivity (Wildman–Crippen MR) is 101 cm³/mol. The fraction of sp³-hybridized carbons (Fsp3) is 0.188. The van der Waals surface area contributed by atoms with Crippen LogP contribution in [-0.4, -0.2) is 36.2 Å². The molecule has 0 heterocycles. The highest BCUT2D eigenvalue weighted by molar-refractivity contribution is 9.10. The lowest BCUT2D eigenvalue weighted by molar-refractivity contribution is 0.0596. The van der Waals surface area contributed by atoms with E-state index in [4.69, 9.17) is 0 Å². The van der Waals surface area contributed by atoms with E-state index < -0.39 is 25.8 Å². The lowest BCUT2D eigenvalue weighted by atomic mass is 10.2. The maximum Gasteiger partial charge on any atom is 0.339 e. The lowest BCUT2D eigenvalue weighted by Gasteiger charge is -2.14. The summed E-state index contributed by atoms with van der Waals surface area (Å²) in [5, 5.41) is 0. The van der Waals surface area contributed by atoms with E-state index in [1.807, 2.05) is 0 Å². The molecule has 0 bridgehead atoms. The van der Waals surface area contributed by atoms with Crippen molar-refractivity contribution < 1.29 is 26.4 Å². The summed E-state index contributed by atoms with van der Waals surface area (Å²) in [7, 11) is -6.38. The van der Waals surface area contributed by atoms with Gasteiger partial charge in [0, 0.05) is 10.7 Å². The summed E-state index contributed by atoms with van der Waals surface area (Å²) in [4.78, 5) is 11.6. The third-order valence-electron chi connectivity index (χ3n) is 3.32. The van der Waals surface area contributed by atoms with Crippen molar-refractivity contribution in [3.63, 3.8) is 0 Å². The molecular weight excluding hydrogens is 446 g/mol. The number of sulfonamides is 1. The van der Waals surface area contributed by atoms with Crippen molar-refractivity contribution in [3.8, 4) is 0 Å². The van der Waals surface area contributed by atoms with Gasteiger partial charge in [0.2, 0.25) is 0 Å². The topological polar surface area (TPSA) is 107 Å². The molecule has 0 saturated heterocycles. The number of halogens is 1. The summed E-state index contributed by atoms with van der Waals surface area (Å²) in [5.41, 5.74) is 0.280. The highest BCUT2D eigenvalue weighted by Gasteiger charge is 2.24. The first-order valence-corrected chi connectivity index (χ1v) is 11.5. The number of sulfone groups is 1. The molecule has 7 nitrogen and oxygen atoms in total. The van der Waals surface area contributed by atoms with Crippen LogP contribution in [0, 0.1) is 0 Å². The average Bonchev–Trinajstić information content (AvgIpc) is 2.54. The van der Waals surface area contributed by atoms with Crippen LogP contribution in [0.15, 0.2) is 51.8 Å². The molecule has 2 rings (SSSR count). The molecule has 2 aromatic carbocycles. The Morgan fingerprint density at radius 3 is 2.38 bits per heavy atom. The van der Waals surface area contributed by atoms with Crippen molar-refractivity contribution in [3.05, 3.63) is 58.1 Å². The van der Waals surface area contributed by atoms with E-state index in [1.54, 1.807) is 12.1 Å². The third-order valence-corrected chi connectivity index (χ3v) is 6.07. The van der Waals surface area contributed by atoms with Crippen molar-refractivity contribution in [1.29, 1.82) is 0 Å². The van der Waals surface area contributed by atoms with Gasteiger partial charge in [-0.05, 0) is 29.8 Å². The zero-order valence-electron chi connectivity index (χ0n) is 13.9. The number of ether oxygens (including phenoxy) is 1. The first-order valence-electron chi connectivity index (χ1n) is 7.20. The van der Waals surface area contributed by atoms with E-state index in [1.165, 1.54) is 30.3 Å². The van der Waals surface area contributed by atoms with Gasteiger partial charge in [-0.25, -0.2) is 21.6 Å². The number of anilines is 1. The first-order chi connectivity index (χ1) is 12.0. The molecule has 26 heavy (non-hydrogen) atoms. The van der Waals surface area contributed by atoms with Crippen LogP contribution in [0.4, 0.5) is 5.69 Å². The fourth-order valence-electron chi connectivity index (χ4n) is 2.23. The standard InChI is InChI=1S/C16H16BrNO6S2/c1-24-16(19)13-9-12(17)7-8-15(13)26(22,23)18-14-6-4-3-5-11(14)10-25(2,20)21/h3-9,18H,10H2,1-2H3. The van der Waals surface area contributed by atoms with Crippen molar-refractivity contribution in [2.45, 2.75) is 10.6 Å². The van der Waals surface area contributed by atoms with Gasteiger partial charge in [0.25, 0.3) is 10.0 Å². The van der Waals surface area contributed by atoms with Gasteiger partial charge in [0.15, 0.2) is 9.84 Å². The molecule has 2 aromatic rings. The number of rotatable bonds is 6. The van der Waals surface area contributed by atoms with Crippen LogP contribution >= 0.6 is 15.9 Å². The minimum absolute atomic E-state index is 0.122. The quantitative estimate of drug-likeness (QED) is 0.662. The number of carbonyl (C=O) groups excluding carboxylic acids is 1. The smallest absolute Gasteiger partial charge is 0.339 e. The molecule has 0 amide bonds. The van der Waals surface area contributed by atoms with E-state index in [-0.39, 0.29) is 21.9 Å². The van der Waals surface area contributed by atoms with Gasteiger partial charge in [-0.15, -0.1) is 0 Å². The molecule has 0 aromatic heterocycles. The molecule has 1 N–H and O–H groups in total. The zero-order valence-corrected chi connectivity index (χ0v) is 17.1. The Hall–Kier alpha value is -1.91. The van der Waals surface area contributed by atoms with Crippen molar-refractivity contribution >= 4 is 47.4 Å². The van der Waals surface area contributed by atoms with Crippen molar-refractivity contribution in [2.24, 2.45) is 0 Å². The second kappa shape index (κ2) is 7.77. The second-order valence-corrected chi connectivity index (χ2v) is 10.2. The van der Waals surface area contributed by atoms with E-state index in [9.17, 15) is 21.6 Å². The average molecular weight is 462 g/mol. The number of benzene rings is 2. The molecule has 0 unspecified atom stereocenters. The van der Waals surface area contributed by atoms with Crippen molar-refractivity contribution in [1.82, 2.24) is 0 Å². The lowest BCUT2D eigenvalue weighted by Crippen LogP contribution is -2.19. The number of methoxy groups -OCH3 is 1. The number of esters is 1. The van der Waals surface area contributed by atoms with Gasteiger partial charge in [0.05, 0.1) is 24.1 Å². The van der Waals surface area contributed by atoms with Gasteiger partial charge < -0.3 is 4.74 Å². The summed E-state index contributed by atoms with van der Waals surface area (Å²) >= 11 is 3.18. The Bertz CT molecular complexity index is 1050. The molecule has 10 heteroatoms. The number of nitrogens with one attached hydrogen (secondary N) is 1. The maximum atomic E-state index is 12.8. The zero-order chi connectivity index (χ0) is 19.5. The molecule has 140 valence electrons. The molecule has 0 spiro atoms. The number of para-hydroxylation sites is 1. The molecule has 0 aliphatic carbocycles. The summed E-state index contributed by atoms with van der Waals surface area (Å²) < 4.78 is 56.2. The van der Waals surface area contributed by atoms with Crippen LogP contribution in [0.5, 0.6) is 0 Å². The summed E-state index contributed by atoms with van der Waals surface area (Å²) in [6, 6.07) is 10.2. The molecule has 0 aliphatic heterocycles. The van der Waals surface area contributed by atoms with E-state index in [0.717, 1.165) is 13.4 Å². The van der Waals surface area contributed by atoms with Crippen LogP contribution in [0.25, 0.3) is 0 Å². The first kappa shape index (κ1) is 20.4. The Kier molecular flexibility index (Phi) is 6.09. The molecule has 0 saturated carbocycles. The Morgan fingerprint density at radius 1 is 1.12 bits per heavy atom. The van der Waals surface area contributed by atoms with Crippen LogP contribution in [-0.2, 0) is 30.4 Å². The van der Waals surface area contributed by atoms with E-state index >= 15 is 0 Å². The minimum Gasteiger partial charge on any atom is -0.465 e. The molecular formula is C16H16BrNO6S2. The van der Waals surface area contributed by atoms with Gasteiger partial charge >= 0.3 is 5.97 Å². The Balaban J connectivity index is 2.50. The summed E-state index contributed by atoms with van der Waals surface area (Å²) in [6.07, 6.45) is 1.06. The maximum absolute atomic E-state index is 12.8. The highest BCUT2D eigenvalue weighted by Crippen LogP contribution is 2.26. The largest absolute Gasteiger partial charge is 0.465 e. The minimum atomic E-state index is -4.16. The molecule has 0 radical (unpaired) electrons.